The molecule has 0 heterocycles. The Balaban J connectivity index is 2.30. The van der Waals surface area contributed by atoms with Crippen molar-refractivity contribution in [3.63, 3.8) is 0 Å². The molecule has 3 N–H and O–H groups in total. The molecule has 2 rings (SSSR count). The van der Waals surface area contributed by atoms with Crippen molar-refractivity contribution in [1.29, 1.82) is 0 Å². The van der Waals surface area contributed by atoms with E-state index < -0.39 is 23.1 Å². The van der Waals surface area contributed by atoms with Gasteiger partial charge in [-0.05, 0) is 30.3 Å². The lowest BCUT2D eigenvalue weighted by Gasteiger charge is -2.10. The van der Waals surface area contributed by atoms with E-state index >= 15 is 0 Å². The van der Waals surface area contributed by atoms with Crippen LogP contribution in [-0.4, -0.2) is 13.0 Å². The number of methoxy groups -OCH3 is 1. The summed E-state index contributed by atoms with van der Waals surface area (Å²) in [5.41, 5.74) is 4.53. The summed E-state index contributed by atoms with van der Waals surface area (Å²) in [4.78, 5) is 12.0. The van der Waals surface area contributed by atoms with Gasteiger partial charge in [-0.15, -0.1) is 0 Å². The highest BCUT2D eigenvalue weighted by molar-refractivity contribution is 6.32. The number of anilines is 2. The Morgan fingerprint density at radius 3 is 2.62 bits per heavy atom. The van der Waals surface area contributed by atoms with Gasteiger partial charge in [-0.25, -0.2) is 8.78 Å². The second-order valence-electron chi connectivity index (χ2n) is 4.13. The minimum atomic E-state index is -1.10. The zero-order chi connectivity index (χ0) is 15.6. The van der Waals surface area contributed by atoms with E-state index in [0.717, 1.165) is 12.1 Å². The van der Waals surface area contributed by atoms with Crippen LogP contribution in [-0.2, 0) is 0 Å². The molecule has 1 amide bonds. The summed E-state index contributed by atoms with van der Waals surface area (Å²) >= 11 is 5.90. The van der Waals surface area contributed by atoms with Gasteiger partial charge in [-0.1, -0.05) is 11.6 Å². The van der Waals surface area contributed by atoms with Gasteiger partial charge in [0, 0.05) is 5.69 Å². The monoisotopic (exact) mass is 312 g/mol. The molecule has 2 aromatic carbocycles. The van der Waals surface area contributed by atoms with Gasteiger partial charge in [0.05, 0.1) is 17.8 Å². The largest absolute Gasteiger partial charge is 0.495 e. The van der Waals surface area contributed by atoms with Crippen LogP contribution < -0.4 is 15.8 Å². The molecule has 7 heteroatoms. The number of hydrogen-bond acceptors (Lipinski definition) is 3. The average molecular weight is 313 g/mol. The number of amides is 1. The quantitative estimate of drug-likeness (QED) is 0.853. The summed E-state index contributed by atoms with van der Waals surface area (Å²) in [5.74, 6) is -2.65. The third-order valence-electron chi connectivity index (χ3n) is 2.76. The zero-order valence-corrected chi connectivity index (χ0v) is 11.7. The van der Waals surface area contributed by atoms with E-state index in [1.54, 1.807) is 0 Å². The topological polar surface area (TPSA) is 64.3 Å². The number of hydrogen-bond donors (Lipinski definition) is 2. The predicted molar refractivity (Wildman–Crippen MR) is 76.7 cm³/mol. The lowest BCUT2D eigenvalue weighted by atomic mass is 10.1. The molecule has 0 saturated heterocycles. The lowest BCUT2D eigenvalue weighted by Crippen LogP contribution is -2.16. The Kier molecular flexibility index (Phi) is 4.28. The molecule has 4 nitrogen and oxygen atoms in total. The highest BCUT2D eigenvalue weighted by atomic mass is 35.5. The first-order valence-electron chi connectivity index (χ1n) is 5.82. The number of nitrogens with one attached hydrogen (secondary N) is 1. The number of rotatable bonds is 3. The van der Waals surface area contributed by atoms with E-state index in [0.29, 0.717) is 5.75 Å². The first-order valence-corrected chi connectivity index (χ1v) is 6.20. The molecule has 21 heavy (non-hydrogen) atoms. The molecule has 110 valence electrons. The Hall–Kier alpha value is -2.34. The summed E-state index contributed by atoms with van der Waals surface area (Å²) in [6.07, 6.45) is 0. The second-order valence-corrected chi connectivity index (χ2v) is 4.54. The van der Waals surface area contributed by atoms with Gasteiger partial charge < -0.3 is 15.8 Å². The molecule has 0 atom stereocenters. The number of halogens is 3. The van der Waals surface area contributed by atoms with Crippen molar-refractivity contribution in [2.75, 3.05) is 18.2 Å². The Morgan fingerprint density at radius 1 is 1.29 bits per heavy atom. The summed E-state index contributed by atoms with van der Waals surface area (Å²) in [5, 5.41) is 2.60. The number of ether oxygens (including phenoxy) is 1. The molecule has 0 aliphatic heterocycles. The standard InChI is InChI=1S/C14H11ClF2N2O2/c1-21-11-5-2-7(6-8(11)15)19-14(20)12-9(16)3-4-10(18)13(12)17/h2-6H,18H2,1H3,(H,19,20). The zero-order valence-electron chi connectivity index (χ0n) is 10.9. The maximum Gasteiger partial charge on any atom is 0.261 e. The Labute approximate surface area is 124 Å². The summed E-state index contributed by atoms with van der Waals surface area (Å²) in [6.45, 7) is 0. The van der Waals surface area contributed by atoms with Crippen molar-refractivity contribution < 1.29 is 18.3 Å². The maximum absolute atomic E-state index is 13.7. The van der Waals surface area contributed by atoms with Gasteiger partial charge in [0.1, 0.15) is 17.1 Å². The fraction of sp³-hybridized carbons (Fsp3) is 0.0714. The van der Waals surface area contributed by atoms with Crippen LogP contribution in [0, 0.1) is 11.6 Å². The van der Waals surface area contributed by atoms with Crippen LogP contribution in [0.4, 0.5) is 20.2 Å². The number of nitrogen functional groups attached to an aromatic ring is 1. The van der Waals surface area contributed by atoms with Crippen LogP contribution in [0.5, 0.6) is 5.75 Å². The fourth-order valence-corrected chi connectivity index (χ4v) is 1.97. The van der Waals surface area contributed by atoms with Gasteiger partial charge in [-0.3, -0.25) is 4.79 Å². The Morgan fingerprint density at radius 2 is 2.00 bits per heavy atom. The van der Waals surface area contributed by atoms with Crippen LogP contribution in [0.2, 0.25) is 5.02 Å². The lowest BCUT2D eigenvalue weighted by molar-refractivity contribution is 0.101. The number of carbonyl (C=O) groups is 1. The van der Waals surface area contributed by atoms with Crippen molar-refractivity contribution in [2.45, 2.75) is 0 Å². The molecule has 0 bridgehead atoms. The van der Waals surface area contributed by atoms with E-state index in [2.05, 4.69) is 5.32 Å². The van der Waals surface area contributed by atoms with Crippen molar-refractivity contribution in [3.05, 3.63) is 52.6 Å². The van der Waals surface area contributed by atoms with Crippen molar-refractivity contribution >= 4 is 28.9 Å². The van der Waals surface area contributed by atoms with E-state index in [4.69, 9.17) is 22.1 Å². The molecular weight excluding hydrogens is 302 g/mol. The predicted octanol–water partition coefficient (Wildman–Crippen LogP) is 3.46. The fourth-order valence-electron chi connectivity index (χ4n) is 1.71. The van der Waals surface area contributed by atoms with E-state index in [9.17, 15) is 13.6 Å². The van der Waals surface area contributed by atoms with Gasteiger partial charge >= 0.3 is 0 Å². The highest BCUT2D eigenvalue weighted by Gasteiger charge is 2.20. The van der Waals surface area contributed by atoms with Crippen LogP contribution in [0.25, 0.3) is 0 Å². The molecule has 0 unspecified atom stereocenters. The van der Waals surface area contributed by atoms with Gasteiger partial charge in [0.25, 0.3) is 5.91 Å². The molecule has 2 aromatic rings. The molecule has 0 aliphatic carbocycles. The van der Waals surface area contributed by atoms with E-state index in [-0.39, 0.29) is 16.4 Å². The minimum absolute atomic E-state index is 0.254. The molecular formula is C14H11ClF2N2O2. The normalized spacial score (nSPS) is 10.3. The summed E-state index contributed by atoms with van der Waals surface area (Å²) in [7, 11) is 1.44. The molecule has 0 aliphatic rings. The van der Waals surface area contributed by atoms with Crippen LogP contribution in [0.1, 0.15) is 10.4 Å². The first-order chi connectivity index (χ1) is 9.93. The summed E-state index contributed by atoms with van der Waals surface area (Å²) in [6, 6.07) is 6.38. The van der Waals surface area contributed by atoms with Gasteiger partial charge in [0.2, 0.25) is 0 Å². The number of nitrogens with two attached hydrogens (primary N) is 1. The maximum atomic E-state index is 13.7. The number of benzene rings is 2. The molecule has 0 fully saturated rings. The molecule has 0 radical (unpaired) electrons. The van der Waals surface area contributed by atoms with Crippen molar-refractivity contribution in [2.24, 2.45) is 0 Å². The minimum Gasteiger partial charge on any atom is -0.495 e. The van der Waals surface area contributed by atoms with E-state index in [1.165, 1.54) is 25.3 Å². The van der Waals surface area contributed by atoms with Gasteiger partial charge in [-0.2, -0.15) is 0 Å². The van der Waals surface area contributed by atoms with Crippen molar-refractivity contribution in [1.82, 2.24) is 0 Å². The smallest absolute Gasteiger partial charge is 0.261 e. The highest BCUT2D eigenvalue weighted by Crippen LogP contribution is 2.28. The van der Waals surface area contributed by atoms with Crippen molar-refractivity contribution in [3.8, 4) is 5.75 Å². The van der Waals surface area contributed by atoms with Gasteiger partial charge in [0.15, 0.2) is 5.82 Å². The molecule has 0 saturated carbocycles. The second kappa shape index (κ2) is 5.97. The summed E-state index contributed by atoms with van der Waals surface area (Å²) < 4.78 is 32.3. The number of carbonyl (C=O) groups excluding carboxylic acids is 1. The molecule has 0 aromatic heterocycles. The van der Waals surface area contributed by atoms with Crippen LogP contribution in [0.3, 0.4) is 0 Å². The third-order valence-corrected chi connectivity index (χ3v) is 3.05. The average Bonchev–Trinajstić information content (AvgIpc) is 2.43. The SMILES string of the molecule is COc1ccc(NC(=O)c2c(F)ccc(N)c2F)cc1Cl. The third kappa shape index (κ3) is 3.05. The van der Waals surface area contributed by atoms with Crippen LogP contribution in [0.15, 0.2) is 30.3 Å². The first kappa shape index (κ1) is 15.1. The Bertz CT molecular complexity index is 708. The van der Waals surface area contributed by atoms with E-state index in [1.807, 2.05) is 0 Å². The van der Waals surface area contributed by atoms with Crippen LogP contribution >= 0.6 is 11.6 Å². The molecule has 0 spiro atoms.